The van der Waals surface area contributed by atoms with Crippen LogP contribution in [0.3, 0.4) is 0 Å². The van der Waals surface area contributed by atoms with E-state index in [2.05, 4.69) is 11.8 Å². The van der Waals surface area contributed by atoms with E-state index in [1.807, 2.05) is 49.4 Å². The fourth-order valence-electron chi connectivity index (χ4n) is 4.54. The van der Waals surface area contributed by atoms with Gasteiger partial charge in [0.25, 0.3) is 0 Å². The second-order valence-electron chi connectivity index (χ2n) is 8.04. The summed E-state index contributed by atoms with van der Waals surface area (Å²) >= 11 is 0. The first kappa shape index (κ1) is 20.7. The summed E-state index contributed by atoms with van der Waals surface area (Å²) in [6, 6.07) is 18.1. The molecule has 1 unspecified atom stereocenters. The zero-order valence-electron chi connectivity index (χ0n) is 17.5. The third kappa shape index (κ3) is 3.79. The largest absolute Gasteiger partial charge is 0.508 e. The Kier molecular flexibility index (Phi) is 5.27. The van der Waals surface area contributed by atoms with Gasteiger partial charge in [0.05, 0.1) is 5.54 Å². The van der Waals surface area contributed by atoms with E-state index in [9.17, 15) is 14.3 Å². The summed E-state index contributed by atoms with van der Waals surface area (Å²) in [7, 11) is 0. The second-order valence-corrected chi connectivity index (χ2v) is 8.04. The molecular formula is C26H24FNO3. The molecule has 3 aromatic rings. The predicted molar refractivity (Wildman–Crippen MR) is 120 cm³/mol. The lowest BCUT2D eigenvalue weighted by atomic mass is 9.76. The molecule has 31 heavy (non-hydrogen) atoms. The molecule has 4 rings (SSSR count). The summed E-state index contributed by atoms with van der Waals surface area (Å²) in [6.07, 6.45) is 3.43. The van der Waals surface area contributed by atoms with E-state index in [4.69, 9.17) is 5.11 Å². The Bertz CT molecular complexity index is 1170. The van der Waals surface area contributed by atoms with Gasteiger partial charge in [-0.15, -0.1) is 0 Å². The average molecular weight is 417 g/mol. The second kappa shape index (κ2) is 7.91. The Morgan fingerprint density at radius 1 is 1.10 bits per heavy atom. The van der Waals surface area contributed by atoms with Crippen molar-refractivity contribution in [3.05, 3.63) is 100 Å². The van der Waals surface area contributed by atoms with Crippen LogP contribution in [0, 0.1) is 12.7 Å². The number of fused-ring (bicyclic) bond motifs is 1. The van der Waals surface area contributed by atoms with Gasteiger partial charge in [-0.25, -0.2) is 9.18 Å². The number of aryl methyl sites for hydroxylation is 1. The number of halogens is 1. The maximum atomic E-state index is 13.8. The molecule has 5 heteroatoms. The van der Waals surface area contributed by atoms with Gasteiger partial charge in [-0.3, -0.25) is 0 Å². The molecule has 3 aromatic carbocycles. The first-order valence-corrected chi connectivity index (χ1v) is 10.2. The number of carboxylic acid groups (broad SMARTS) is 1. The van der Waals surface area contributed by atoms with E-state index >= 15 is 0 Å². The highest BCUT2D eigenvalue weighted by Crippen LogP contribution is 2.45. The van der Waals surface area contributed by atoms with Crippen LogP contribution in [0.4, 0.5) is 10.1 Å². The van der Waals surface area contributed by atoms with Crippen molar-refractivity contribution in [3.63, 3.8) is 0 Å². The van der Waals surface area contributed by atoms with Gasteiger partial charge in [-0.2, -0.15) is 0 Å². The van der Waals surface area contributed by atoms with Crippen molar-refractivity contribution >= 4 is 17.7 Å². The van der Waals surface area contributed by atoms with Gasteiger partial charge in [0.15, 0.2) is 0 Å². The highest BCUT2D eigenvalue weighted by molar-refractivity contribution is 5.85. The standard InChI is InChI=1S/C26H24FNO3/c1-17-15-21(27)8-11-24(17)28-14-13-19-16-22(29)9-10-23(19)26(28,2)20-6-3-18(4-7-20)5-12-25(30)31/h3-12,15-16,29H,13-14H2,1-2H3,(H,30,31)/b12-5+. The third-order valence-corrected chi connectivity index (χ3v) is 6.10. The van der Waals surface area contributed by atoms with Crippen molar-refractivity contribution in [1.82, 2.24) is 0 Å². The number of phenolic OH excluding ortho intramolecular Hbond substituents is 1. The molecule has 4 nitrogen and oxygen atoms in total. The number of hydrogen-bond donors (Lipinski definition) is 2. The van der Waals surface area contributed by atoms with Crippen molar-refractivity contribution in [3.8, 4) is 5.75 Å². The van der Waals surface area contributed by atoms with Gasteiger partial charge >= 0.3 is 5.97 Å². The Morgan fingerprint density at radius 3 is 2.52 bits per heavy atom. The number of carboxylic acids is 1. The molecule has 2 N–H and O–H groups in total. The summed E-state index contributed by atoms with van der Waals surface area (Å²) in [6.45, 7) is 4.75. The van der Waals surface area contributed by atoms with Crippen molar-refractivity contribution < 1.29 is 19.4 Å². The number of nitrogens with zero attached hydrogens (tertiary/aromatic N) is 1. The van der Waals surface area contributed by atoms with E-state index in [1.165, 1.54) is 6.07 Å². The maximum absolute atomic E-state index is 13.8. The summed E-state index contributed by atoms with van der Waals surface area (Å²) < 4.78 is 13.8. The Hall–Kier alpha value is -3.60. The molecule has 1 atom stereocenters. The van der Waals surface area contributed by atoms with Crippen LogP contribution in [0.1, 0.15) is 34.7 Å². The lowest BCUT2D eigenvalue weighted by Gasteiger charge is -2.48. The minimum Gasteiger partial charge on any atom is -0.508 e. The fourth-order valence-corrected chi connectivity index (χ4v) is 4.54. The molecule has 158 valence electrons. The number of carbonyl (C=O) groups is 1. The van der Waals surface area contributed by atoms with Crippen LogP contribution >= 0.6 is 0 Å². The van der Waals surface area contributed by atoms with Crippen LogP contribution in [0.15, 0.2) is 66.7 Å². The van der Waals surface area contributed by atoms with E-state index in [-0.39, 0.29) is 11.6 Å². The van der Waals surface area contributed by atoms with E-state index in [0.29, 0.717) is 6.54 Å². The summed E-state index contributed by atoms with van der Waals surface area (Å²) in [5, 5.41) is 18.9. The number of anilines is 1. The summed E-state index contributed by atoms with van der Waals surface area (Å²) in [5.74, 6) is -1.02. The molecule has 0 amide bonds. The first-order chi connectivity index (χ1) is 14.8. The van der Waals surface area contributed by atoms with Crippen LogP contribution in [-0.2, 0) is 16.8 Å². The molecular weight excluding hydrogens is 393 g/mol. The first-order valence-electron chi connectivity index (χ1n) is 10.2. The van der Waals surface area contributed by atoms with Gasteiger partial charge < -0.3 is 15.1 Å². The Balaban J connectivity index is 1.87. The molecule has 0 spiro atoms. The highest BCUT2D eigenvalue weighted by Gasteiger charge is 2.41. The summed E-state index contributed by atoms with van der Waals surface area (Å²) in [5.41, 5.74) is 5.23. The number of hydrogen-bond acceptors (Lipinski definition) is 3. The molecule has 0 radical (unpaired) electrons. The summed E-state index contributed by atoms with van der Waals surface area (Å²) in [4.78, 5) is 13.1. The van der Waals surface area contributed by atoms with Gasteiger partial charge in [-0.1, -0.05) is 30.3 Å². The number of aliphatic carboxylic acids is 1. The molecule has 0 saturated carbocycles. The maximum Gasteiger partial charge on any atom is 0.328 e. The van der Waals surface area contributed by atoms with Gasteiger partial charge in [0, 0.05) is 18.3 Å². The number of phenols is 1. The molecule has 0 saturated heterocycles. The minimum atomic E-state index is -0.991. The van der Waals surface area contributed by atoms with Crippen LogP contribution in [0.5, 0.6) is 5.75 Å². The molecule has 1 heterocycles. The molecule has 0 bridgehead atoms. The topological polar surface area (TPSA) is 60.8 Å². The predicted octanol–water partition coefficient (Wildman–Crippen LogP) is 5.26. The monoisotopic (exact) mass is 417 g/mol. The SMILES string of the molecule is Cc1cc(F)ccc1N1CCc2cc(O)ccc2C1(C)c1ccc(/C=C/C(=O)O)cc1. The van der Waals surface area contributed by atoms with Gasteiger partial charge in [-0.05, 0) is 84.5 Å². The fraction of sp³-hybridized carbons (Fsp3) is 0.192. The van der Waals surface area contributed by atoms with Crippen LogP contribution < -0.4 is 4.90 Å². The van der Waals surface area contributed by atoms with E-state index in [1.54, 1.807) is 18.2 Å². The normalized spacial score (nSPS) is 18.2. The molecule has 1 aliphatic heterocycles. The lowest BCUT2D eigenvalue weighted by molar-refractivity contribution is -0.131. The third-order valence-electron chi connectivity index (χ3n) is 6.10. The Morgan fingerprint density at radius 2 is 1.84 bits per heavy atom. The smallest absolute Gasteiger partial charge is 0.328 e. The van der Waals surface area contributed by atoms with Gasteiger partial charge in [0.2, 0.25) is 0 Å². The average Bonchev–Trinajstić information content (AvgIpc) is 2.73. The van der Waals surface area contributed by atoms with Crippen molar-refractivity contribution in [2.24, 2.45) is 0 Å². The Labute approximate surface area is 180 Å². The van der Waals surface area contributed by atoms with E-state index < -0.39 is 11.5 Å². The molecule has 0 aromatic heterocycles. The molecule has 0 fully saturated rings. The molecule has 0 aliphatic carbocycles. The minimum absolute atomic E-state index is 0.238. The molecule has 1 aliphatic rings. The zero-order valence-corrected chi connectivity index (χ0v) is 17.5. The van der Waals surface area contributed by atoms with Crippen LogP contribution in [-0.4, -0.2) is 22.7 Å². The zero-order chi connectivity index (χ0) is 22.2. The highest BCUT2D eigenvalue weighted by atomic mass is 19.1. The van der Waals surface area contributed by atoms with Crippen molar-refractivity contribution in [1.29, 1.82) is 0 Å². The number of rotatable bonds is 4. The van der Waals surface area contributed by atoms with Crippen LogP contribution in [0.2, 0.25) is 0 Å². The quantitative estimate of drug-likeness (QED) is 0.568. The van der Waals surface area contributed by atoms with Crippen LogP contribution in [0.25, 0.3) is 6.08 Å². The van der Waals surface area contributed by atoms with Crippen molar-refractivity contribution in [2.45, 2.75) is 25.8 Å². The van der Waals surface area contributed by atoms with Gasteiger partial charge in [0.1, 0.15) is 11.6 Å². The lowest BCUT2D eigenvalue weighted by Crippen LogP contribution is -2.50. The van der Waals surface area contributed by atoms with E-state index in [0.717, 1.165) is 46.0 Å². The number of aromatic hydroxyl groups is 1. The van der Waals surface area contributed by atoms with Crippen molar-refractivity contribution in [2.75, 3.05) is 11.4 Å². The number of benzene rings is 3.